The predicted molar refractivity (Wildman–Crippen MR) is 59.1 cm³/mol. The van der Waals surface area contributed by atoms with Gasteiger partial charge in [0, 0.05) is 23.5 Å². The third-order valence-electron chi connectivity index (χ3n) is 2.47. The van der Waals surface area contributed by atoms with Gasteiger partial charge in [0.1, 0.15) is 5.82 Å². The molecule has 1 aromatic carbocycles. The van der Waals surface area contributed by atoms with E-state index < -0.39 is 28.9 Å². The van der Waals surface area contributed by atoms with Crippen LogP contribution in [-0.2, 0) is 6.18 Å². The fourth-order valence-corrected chi connectivity index (χ4v) is 1.61. The van der Waals surface area contributed by atoms with Crippen LogP contribution in [0.2, 0.25) is 0 Å². The lowest BCUT2D eigenvalue weighted by atomic mass is 9.98. The molecule has 98 valence electrons. The van der Waals surface area contributed by atoms with Gasteiger partial charge in [-0.15, -0.1) is 0 Å². The van der Waals surface area contributed by atoms with E-state index in [9.17, 15) is 22.4 Å². The summed E-state index contributed by atoms with van der Waals surface area (Å²) in [5.74, 6) is -1.79. The molecule has 0 atom stereocenters. The van der Waals surface area contributed by atoms with E-state index in [1.807, 2.05) is 0 Å². The van der Waals surface area contributed by atoms with Crippen molar-refractivity contribution in [2.45, 2.75) is 6.18 Å². The number of hydrogen-bond acceptors (Lipinski definition) is 2. The van der Waals surface area contributed by atoms with Gasteiger partial charge in [0.2, 0.25) is 0 Å². The first kappa shape index (κ1) is 13.2. The van der Waals surface area contributed by atoms with E-state index in [-0.39, 0.29) is 5.56 Å². The minimum absolute atomic E-state index is 0.0195. The molecule has 0 unspecified atom stereocenters. The minimum Gasteiger partial charge on any atom is -0.289 e. The molecule has 0 N–H and O–H groups in total. The smallest absolute Gasteiger partial charge is 0.289 e. The van der Waals surface area contributed by atoms with Gasteiger partial charge in [0.05, 0.1) is 5.56 Å². The summed E-state index contributed by atoms with van der Waals surface area (Å²) in [6.07, 6.45) is -2.16. The number of benzene rings is 1. The van der Waals surface area contributed by atoms with Gasteiger partial charge in [-0.2, -0.15) is 13.2 Å². The molecule has 1 heterocycles. The molecule has 0 aliphatic carbocycles. The summed E-state index contributed by atoms with van der Waals surface area (Å²) in [6, 6.07) is 4.36. The molecule has 0 aliphatic rings. The van der Waals surface area contributed by atoms with Crippen LogP contribution in [0.4, 0.5) is 17.6 Å². The molecule has 6 heteroatoms. The van der Waals surface area contributed by atoms with Crippen molar-refractivity contribution in [2.24, 2.45) is 0 Å². The topological polar surface area (TPSA) is 30.0 Å². The Labute approximate surface area is 105 Å². The summed E-state index contributed by atoms with van der Waals surface area (Å²) in [7, 11) is 0. The van der Waals surface area contributed by atoms with Crippen LogP contribution < -0.4 is 0 Å². The lowest BCUT2D eigenvalue weighted by Crippen LogP contribution is -2.14. The second-order valence-corrected chi connectivity index (χ2v) is 3.75. The summed E-state index contributed by atoms with van der Waals surface area (Å²) in [4.78, 5) is 15.6. The number of carbonyl (C=O) groups is 1. The number of ketones is 1. The number of halogens is 4. The standard InChI is InChI=1S/C13H7F4NO/c14-9-1-2-11(13(15,16)17)10(7-9)12(19)8-3-5-18-6-4-8/h1-7H. The van der Waals surface area contributed by atoms with Gasteiger partial charge in [-0.05, 0) is 30.3 Å². The van der Waals surface area contributed by atoms with E-state index in [1.54, 1.807) is 0 Å². The van der Waals surface area contributed by atoms with Crippen molar-refractivity contribution >= 4 is 5.78 Å². The fraction of sp³-hybridized carbons (Fsp3) is 0.0769. The normalized spacial score (nSPS) is 11.4. The van der Waals surface area contributed by atoms with Gasteiger partial charge >= 0.3 is 6.18 Å². The third kappa shape index (κ3) is 2.78. The van der Waals surface area contributed by atoms with Gasteiger partial charge in [-0.25, -0.2) is 4.39 Å². The molecule has 0 saturated heterocycles. The van der Waals surface area contributed by atoms with Gasteiger partial charge in [-0.1, -0.05) is 0 Å². The van der Waals surface area contributed by atoms with Crippen LogP contribution in [-0.4, -0.2) is 10.8 Å². The largest absolute Gasteiger partial charge is 0.417 e. The zero-order valence-electron chi connectivity index (χ0n) is 9.41. The Morgan fingerprint density at radius 2 is 1.68 bits per heavy atom. The molecule has 1 aromatic heterocycles. The molecule has 0 bridgehead atoms. The molecule has 0 spiro atoms. The molecular weight excluding hydrogens is 262 g/mol. The summed E-state index contributed by atoms with van der Waals surface area (Å²) in [5.41, 5.74) is -1.85. The minimum atomic E-state index is -4.72. The van der Waals surface area contributed by atoms with Crippen LogP contribution in [0.25, 0.3) is 0 Å². The van der Waals surface area contributed by atoms with Crippen LogP contribution in [0.5, 0.6) is 0 Å². The Hall–Kier alpha value is -2.24. The third-order valence-corrected chi connectivity index (χ3v) is 2.47. The lowest BCUT2D eigenvalue weighted by Gasteiger charge is -2.12. The first-order valence-corrected chi connectivity index (χ1v) is 5.21. The van der Waals surface area contributed by atoms with Crippen molar-refractivity contribution in [3.8, 4) is 0 Å². The van der Waals surface area contributed by atoms with Crippen molar-refractivity contribution in [1.29, 1.82) is 0 Å². The van der Waals surface area contributed by atoms with Gasteiger partial charge < -0.3 is 0 Å². The van der Waals surface area contributed by atoms with E-state index in [0.29, 0.717) is 18.2 Å². The van der Waals surface area contributed by atoms with Crippen molar-refractivity contribution < 1.29 is 22.4 Å². The van der Waals surface area contributed by atoms with Crippen molar-refractivity contribution in [2.75, 3.05) is 0 Å². The average Bonchev–Trinajstić information content (AvgIpc) is 2.37. The fourth-order valence-electron chi connectivity index (χ4n) is 1.61. The molecule has 2 rings (SSSR count). The molecule has 2 nitrogen and oxygen atoms in total. The Morgan fingerprint density at radius 3 is 2.26 bits per heavy atom. The number of aromatic nitrogens is 1. The molecule has 0 saturated carbocycles. The zero-order chi connectivity index (χ0) is 14.0. The summed E-state index contributed by atoms with van der Waals surface area (Å²) in [6.45, 7) is 0. The van der Waals surface area contributed by atoms with E-state index >= 15 is 0 Å². The molecule has 2 aromatic rings. The molecule has 19 heavy (non-hydrogen) atoms. The first-order chi connectivity index (χ1) is 8.89. The number of rotatable bonds is 2. The first-order valence-electron chi connectivity index (χ1n) is 5.21. The Kier molecular flexibility index (Phi) is 3.33. The number of hydrogen-bond donors (Lipinski definition) is 0. The maximum absolute atomic E-state index is 13.1. The maximum atomic E-state index is 13.1. The molecule has 0 amide bonds. The number of nitrogens with zero attached hydrogens (tertiary/aromatic N) is 1. The van der Waals surface area contributed by atoms with E-state index in [2.05, 4.69) is 4.98 Å². The van der Waals surface area contributed by atoms with Gasteiger partial charge in [0.15, 0.2) is 5.78 Å². The zero-order valence-corrected chi connectivity index (χ0v) is 9.41. The number of carbonyl (C=O) groups excluding carboxylic acids is 1. The van der Waals surface area contributed by atoms with Crippen LogP contribution in [0, 0.1) is 5.82 Å². The summed E-state index contributed by atoms with van der Waals surface area (Å²) < 4.78 is 51.4. The van der Waals surface area contributed by atoms with Gasteiger partial charge in [0.25, 0.3) is 0 Å². The van der Waals surface area contributed by atoms with E-state index in [4.69, 9.17) is 0 Å². The van der Waals surface area contributed by atoms with Crippen LogP contribution in [0.15, 0.2) is 42.7 Å². The number of pyridine rings is 1. The second kappa shape index (κ2) is 4.79. The lowest BCUT2D eigenvalue weighted by molar-refractivity contribution is -0.137. The van der Waals surface area contributed by atoms with Crippen LogP contribution in [0.3, 0.4) is 0 Å². The molecule has 0 aliphatic heterocycles. The highest BCUT2D eigenvalue weighted by atomic mass is 19.4. The van der Waals surface area contributed by atoms with E-state index in [0.717, 1.165) is 0 Å². The van der Waals surface area contributed by atoms with E-state index in [1.165, 1.54) is 24.5 Å². The highest BCUT2D eigenvalue weighted by molar-refractivity contribution is 6.09. The monoisotopic (exact) mass is 269 g/mol. The van der Waals surface area contributed by atoms with Crippen molar-refractivity contribution in [3.05, 3.63) is 65.2 Å². The van der Waals surface area contributed by atoms with Crippen LogP contribution in [0.1, 0.15) is 21.5 Å². The Balaban J connectivity index is 2.56. The Bertz CT molecular complexity index is 608. The maximum Gasteiger partial charge on any atom is 0.417 e. The average molecular weight is 269 g/mol. The van der Waals surface area contributed by atoms with Crippen molar-refractivity contribution in [3.63, 3.8) is 0 Å². The highest BCUT2D eigenvalue weighted by Gasteiger charge is 2.35. The quantitative estimate of drug-likeness (QED) is 0.617. The van der Waals surface area contributed by atoms with Crippen LogP contribution >= 0.6 is 0 Å². The molecule has 0 radical (unpaired) electrons. The molecular formula is C13H7F4NO. The van der Waals surface area contributed by atoms with Crippen molar-refractivity contribution in [1.82, 2.24) is 4.98 Å². The predicted octanol–water partition coefficient (Wildman–Crippen LogP) is 3.47. The molecule has 0 fully saturated rings. The summed E-state index contributed by atoms with van der Waals surface area (Å²) >= 11 is 0. The second-order valence-electron chi connectivity index (χ2n) is 3.75. The summed E-state index contributed by atoms with van der Waals surface area (Å²) in [5, 5.41) is 0. The Morgan fingerprint density at radius 1 is 1.05 bits per heavy atom. The highest BCUT2D eigenvalue weighted by Crippen LogP contribution is 2.33. The SMILES string of the molecule is O=C(c1ccncc1)c1cc(F)ccc1C(F)(F)F. The van der Waals surface area contributed by atoms with Gasteiger partial charge in [-0.3, -0.25) is 9.78 Å². The number of alkyl halides is 3.